The summed E-state index contributed by atoms with van der Waals surface area (Å²) in [4.78, 5) is 16.1. The number of hydrogen-bond acceptors (Lipinski definition) is 4. The van der Waals surface area contributed by atoms with Crippen LogP contribution in [0.5, 0.6) is 0 Å². The van der Waals surface area contributed by atoms with Gasteiger partial charge in [0.05, 0.1) is 6.61 Å². The van der Waals surface area contributed by atoms with Crippen molar-refractivity contribution in [2.75, 3.05) is 26.7 Å². The van der Waals surface area contributed by atoms with Crippen LogP contribution in [-0.2, 0) is 4.74 Å². The Balaban J connectivity index is 1.43. The molecule has 0 spiro atoms. The summed E-state index contributed by atoms with van der Waals surface area (Å²) in [5.41, 5.74) is 0. The van der Waals surface area contributed by atoms with Gasteiger partial charge in [-0.1, -0.05) is 0 Å². The van der Waals surface area contributed by atoms with E-state index in [1.807, 2.05) is 11.8 Å². The number of carbonyl (C=O) groups is 1. The lowest BCUT2D eigenvalue weighted by atomic mass is 9.95. The van der Waals surface area contributed by atoms with E-state index in [1.165, 1.54) is 25.7 Å². The van der Waals surface area contributed by atoms with Gasteiger partial charge in [0.25, 0.3) is 0 Å². The highest BCUT2D eigenvalue weighted by atomic mass is 16.6. The first-order valence-corrected chi connectivity index (χ1v) is 8.57. The Morgan fingerprint density at radius 2 is 1.71 bits per heavy atom. The van der Waals surface area contributed by atoms with Crippen LogP contribution in [0.15, 0.2) is 0 Å². The van der Waals surface area contributed by atoms with Crippen LogP contribution < -0.4 is 5.32 Å². The van der Waals surface area contributed by atoms with Crippen LogP contribution in [0.1, 0.15) is 45.4 Å². The van der Waals surface area contributed by atoms with Gasteiger partial charge in [-0.05, 0) is 52.5 Å². The minimum absolute atomic E-state index is 0.145. The summed E-state index contributed by atoms with van der Waals surface area (Å²) in [6.07, 6.45) is 7.31. The summed E-state index contributed by atoms with van der Waals surface area (Å²) in [6, 6.07) is 2.84. The Kier molecular flexibility index (Phi) is 4.69. The molecule has 0 aromatic rings. The van der Waals surface area contributed by atoms with E-state index in [0.29, 0.717) is 18.7 Å². The van der Waals surface area contributed by atoms with Crippen LogP contribution in [-0.4, -0.2) is 66.8 Å². The van der Waals surface area contributed by atoms with E-state index in [1.54, 1.807) is 0 Å². The standard InChI is InChI=1S/C16H29N3O2/c1-3-21-16(20)19-8-6-12(7-9-19)17-13-10-14-4-5-15(11-13)18(14)2/h12-15,17H,3-11H2,1-2H3. The summed E-state index contributed by atoms with van der Waals surface area (Å²) in [5, 5.41) is 3.87. The number of likely N-dealkylation sites (tertiary alicyclic amines) is 1. The second-order valence-electron chi connectivity index (χ2n) is 6.85. The number of fused-ring (bicyclic) bond motifs is 2. The Labute approximate surface area is 128 Å². The van der Waals surface area contributed by atoms with Crippen LogP contribution in [0.4, 0.5) is 4.79 Å². The molecule has 0 aliphatic carbocycles. The fourth-order valence-corrected chi connectivity index (χ4v) is 4.32. The smallest absolute Gasteiger partial charge is 0.409 e. The van der Waals surface area contributed by atoms with Gasteiger partial charge in [-0.2, -0.15) is 0 Å². The monoisotopic (exact) mass is 295 g/mol. The molecule has 3 rings (SSSR count). The summed E-state index contributed by atoms with van der Waals surface area (Å²) in [7, 11) is 2.29. The molecule has 3 saturated heterocycles. The Bertz CT molecular complexity index is 355. The number of carbonyl (C=O) groups excluding carboxylic acids is 1. The van der Waals surface area contributed by atoms with Gasteiger partial charge in [0, 0.05) is 37.3 Å². The molecule has 0 aromatic carbocycles. The molecule has 0 radical (unpaired) electrons. The summed E-state index contributed by atoms with van der Waals surface area (Å²) in [5.74, 6) is 0. The van der Waals surface area contributed by atoms with Crippen LogP contribution in [0.25, 0.3) is 0 Å². The van der Waals surface area contributed by atoms with Crippen molar-refractivity contribution in [2.45, 2.75) is 69.6 Å². The molecule has 3 heterocycles. The first-order valence-electron chi connectivity index (χ1n) is 8.57. The Morgan fingerprint density at radius 3 is 2.29 bits per heavy atom. The molecule has 120 valence electrons. The van der Waals surface area contributed by atoms with Gasteiger partial charge in [0.1, 0.15) is 0 Å². The molecule has 2 bridgehead atoms. The molecule has 0 saturated carbocycles. The van der Waals surface area contributed by atoms with Crippen LogP contribution in [0, 0.1) is 0 Å². The molecule has 2 unspecified atom stereocenters. The van der Waals surface area contributed by atoms with Crippen LogP contribution in [0.2, 0.25) is 0 Å². The zero-order valence-corrected chi connectivity index (χ0v) is 13.4. The van der Waals surface area contributed by atoms with E-state index in [0.717, 1.165) is 38.0 Å². The molecular weight excluding hydrogens is 266 g/mol. The lowest BCUT2D eigenvalue weighted by Crippen LogP contribution is -2.52. The first kappa shape index (κ1) is 15.1. The quantitative estimate of drug-likeness (QED) is 0.862. The zero-order chi connectivity index (χ0) is 14.8. The maximum Gasteiger partial charge on any atom is 0.409 e. The third-order valence-corrected chi connectivity index (χ3v) is 5.59. The summed E-state index contributed by atoms with van der Waals surface area (Å²) >= 11 is 0. The number of rotatable bonds is 3. The number of hydrogen-bond donors (Lipinski definition) is 1. The topological polar surface area (TPSA) is 44.8 Å². The first-order chi connectivity index (χ1) is 10.2. The second kappa shape index (κ2) is 6.53. The lowest BCUT2D eigenvalue weighted by molar-refractivity contribution is 0.0902. The number of ether oxygens (including phenoxy) is 1. The molecule has 21 heavy (non-hydrogen) atoms. The van der Waals surface area contributed by atoms with Crippen molar-refractivity contribution < 1.29 is 9.53 Å². The Morgan fingerprint density at radius 1 is 1.10 bits per heavy atom. The highest BCUT2D eigenvalue weighted by molar-refractivity contribution is 5.67. The highest BCUT2D eigenvalue weighted by Crippen LogP contribution is 2.34. The molecule has 2 atom stereocenters. The predicted octanol–water partition coefficient (Wildman–Crippen LogP) is 1.82. The lowest BCUT2D eigenvalue weighted by Gasteiger charge is -2.40. The van der Waals surface area contributed by atoms with Crippen molar-refractivity contribution in [3.8, 4) is 0 Å². The highest BCUT2D eigenvalue weighted by Gasteiger charge is 2.39. The molecule has 5 heteroatoms. The average Bonchev–Trinajstić information content (AvgIpc) is 2.71. The minimum Gasteiger partial charge on any atom is -0.450 e. The van der Waals surface area contributed by atoms with Crippen LogP contribution >= 0.6 is 0 Å². The third-order valence-electron chi connectivity index (χ3n) is 5.59. The van der Waals surface area contributed by atoms with Gasteiger partial charge < -0.3 is 19.9 Å². The van der Waals surface area contributed by atoms with Gasteiger partial charge in [0.2, 0.25) is 0 Å². The zero-order valence-electron chi connectivity index (χ0n) is 13.4. The van der Waals surface area contributed by atoms with Crippen molar-refractivity contribution in [3.63, 3.8) is 0 Å². The molecular formula is C16H29N3O2. The van der Waals surface area contributed by atoms with Gasteiger partial charge in [0.15, 0.2) is 0 Å². The number of piperidine rings is 2. The van der Waals surface area contributed by atoms with E-state index in [9.17, 15) is 4.79 Å². The third kappa shape index (κ3) is 3.34. The van der Waals surface area contributed by atoms with Crippen molar-refractivity contribution in [2.24, 2.45) is 0 Å². The largest absolute Gasteiger partial charge is 0.450 e. The van der Waals surface area contributed by atoms with E-state index in [4.69, 9.17) is 4.74 Å². The fraction of sp³-hybridized carbons (Fsp3) is 0.938. The normalized spacial score (nSPS) is 34.2. The van der Waals surface area contributed by atoms with Crippen molar-refractivity contribution >= 4 is 6.09 Å². The maximum atomic E-state index is 11.7. The van der Waals surface area contributed by atoms with E-state index in [-0.39, 0.29) is 6.09 Å². The number of nitrogens with zero attached hydrogens (tertiary/aromatic N) is 2. The molecule has 1 N–H and O–H groups in total. The van der Waals surface area contributed by atoms with Crippen molar-refractivity contribution in [1.82, 2.24) is 15.1 Å². The molecule has 3 aliphatic rings. The van der Waals surface area contributed by atoms with E-state index >= 15 is 0 Å². The van der Waals surface area contributed by atoms with Gasteiger partial charge in [-0.3, -0.25) is 0 Å². The van der Waals surface area contributed by atoms with E-state index in [2.05, 4.69) is 17.3 Å². The fourth-order valence-electron chi connectivity index (χ4n) is 4.32. The molecule has 3 aliphatic heterocycles. The summed E-state index contributed by atoms with van der Waals surface area (Å²) in [6.45, 7) is 3.99. The second-order valence-corrected chi connectivity index (χ2v) is 6.85. The average molecular weight is 295 g/mol. The predicted molar refractivity (Wildman–Crippen MR) is 82.3 cm³/mol. The molecule has 0 aromatic heterocycles. The molecule has 3 fully saturated rings. The minimum atomic E-state index is -0.145. The van der Waals surface area contributed by atoms with Gasteiger partial charge >= 0.3 is 6.09 Å². The van der Waals surface area contributed by atoms with E-state index < -0.39 is 0 Å². The van der Waals surface area contributed by atoms with Crippen molar-refractivity contribution in [1.29, 1.82) is 0 Å². The molecule has 1 amide bonds. The number of nitrogens with one attached hydrogen (secondary N) is 1. The van der Waals surface area contributed by atoms with Gasteiger partial charge in [-0.15, -0.1) is 0 Å². The maximum absolute atomic E-state index is 11.7. The molecule has 5 nitrogen and oxygen atoms in total. The van der Waals surface area contributed by atoms with Crippen LogP contribution in [0.3, 0.4) is 0 Å². The summed E-state index contributed by atoms with van der Waals surface area (Å²) < 4.78 is 5.08. The Hall–Kier alpha value is -0.810. The number of amides is 1. The van der Waals surface area contributed by atoms with Gasteiger partial charge in [-0.25, -0.2) is 4.79 Å². The van der Waals surface area contributed by atoms with Crippen molar-refractivity contribution in [3.05, 3.63) is 0 Å². The SMILES string of the molecule is CCOC(=O)N1CCC(NC2CC3CCC(C2)N3C)CC1.